The molecule has 1 fully saturated rings. The summed E-state index contributed by atoms with van der Waals surface area (Å²) < 4.78 is 16.6. The summed E-state index contributed by atoms with van der Waals surface area (Å²) in [6, 6.07) is 5.99. The number of fused-ring (bicyclic) bond motifs is 1. The predicted molar refractivity (Wildman–Crippen MR) is 106 cm³/mol. The standard InChI is InChI=1S/C20H27N3O3S/c1-14-10-23(11-15(2)26-14)7-3-6-21-9-17-12-27-20(22-17)16-4-5-18-19(8-16)25-13-24-18/h4-5,8,12,14-15,21H,3,6-7,9-11,13H2,1-2H3. The van der Waals surface area contributed by atoms with Gasteiger partial charge in [-0.25, -0.2) is 4.98 Å². The molecule has 2 aliphatic heterocycles. The van der Waals surface area contributed by atoms with E-state index in [-0.39, 0.29) is 0 Å². The Balaban J connectivity index is 1.21. The molecule has 3 heterocycles. The molecule has 2 aromatic rings. The number of benzene rings is 1. The van der Waals surface area contributed by atoms with E-state index in [0.717, 1.165) is 66.9 Å². The van der Waals surface area contributed by atoms with E-state index in [9.17, 15) is 0 Å². The Morgan fingerprint density at radius 1 is 1.19 bits per heavy atom. The Kier molecular flexibility index (Phi) is 5.92. The summed E-state index contributed by atoms with van der Waals surface area (Å²) in [6.45, 7) is 9.60. The number of rotatable bonds is 7. The van der Waals surface area contributed by atoms with E-state index in [0.29, 0.717) is 19.0 Å². The summed E-state index contributed by atoms with van der Waals surface area (Å²) in [5.74, 6) is 1.61. The van der Waals surface area contributed by atoms with Gasteiger partial charge in [0, 0.05) is 30.6 Å². The Hall–Kier alpha value is -1.67. The van der Waals surface area contributed by atoms with Crippen molar-refractivity contribution >= 4 is 11.3 Å². The first kappa shape index (κ1) is 18.7. The smallest absolute Gasteiger partial charge is 0.231 e. The molecule has 1 aromatic carbocycles. The van der Waals surface area contributed by atoms with Crippen molar-refractivity contribution in [3.8, 4) is 22.1 Å². The van der Waals surface area contributed by atoms with Gasteiger partial charge in [-0.15, -0.1) is 11.3 Å². The lowest BCUT2D eigenvalue weighted by Gasteiger charge is -2.35. The Bertz CT molecular complexity index is 757. The Labute approximate surface area is 164 Å². The van der Waals surface area contributed by atoms with Gasteiger partial charge in [-0.05, 0) is 51.6 Å². The fraction of sp³-hybridized carbons (Fsp3) is 0.550. The Morgan fingerprint density at radius 2 is 2.00 bits per heavy atom. The van der Waals surface area contributed by atoms with Gasteiger partial charge in [0.1, 0.15) is 5.01 Å². The van der Waals surface area contributed by atoms with Crippen LogP contribution in [-0.4, -0.2) is 55.1 Å². The van der Waals surface area contributed by atoms with E-state index < -0.39 is 0 Å². The maximum absolute atomic E-state index is 5.79. The maximum atomic E-state index is 5.79. The third-order valence-electron chi connectivity index (χ3n) is 4.80. The van der Waals surface area contributed by atoms with Crippen LogP contribution in [0.2, 0.25) is 0 Å². The molecule has 6 nitrogen and oxygen atoms in total. The number of thiazole rings is 1. The van der Waals surface area contributed by atoms with Crippen molar-refractivity contribution in [2.45, 2.75) is 39.0 Å². The average molecular weight is 390 g/mol. The zero-order valence-electron chi connectivity index (χ0n) is 15.9. The second-order valence-corrected chi connectivity index (χ2v) is 8.12. The molecule has 1 N–H and O–H groups in total. The number of hydrogen-bond acceptors (Lipinski definition) is 7. The van der Waals surface area contributed by atoms with Crippen molar-refractivity contribution in [2.75, 3.05) is 33.0 Å². The van der Waals surface area contributed by atoms with Gasteiger partial charge in [-0.1, -0.05) is 0 Å². The van der Waals surface area contributed by atoms with Crippen molar-refractivity contribution < 1.29 is 14.2 Å². The van der Waals surface area contributed by atoms with Crippen LogP contribution in [0, 0.1) is 0 Å². The molecule has 146 valence electrons. The van der Waals surface area contributed by atoms with Crippen LogP contribution in [0.5, 0.6) is 11.5 Å². The molecule has 0 aliphatic carbocycles. The van der Waals surface area contributed by atoms with Gasteiger partial charge in [0.25, 0.3) is 0 Å². The normalized spacial score (nSPS) is 22.3. The third kappa shape index (κ3) is 4.79. The fourth-order valence-electron chi connectivity index (χ4n) is 3.66. The minimum absolute atomic E-state index is 0.300. The minimum Gasteiger partial charge on any atom is -0.454 e. The number of hydrogen-bond donors (Lipinski definition) is 1. The molecular formula is C20H27N3O3S. The lowest BCUT2D eigenvalue weighted by Crippen LogP contribution is -2.46. The van der Waals surface area contributed by atoms with E-state index in [2.05, 4.69) is 29.4 Å². The van der Waals surface area contributed by atoms with E-state index in [1.54, 1.807) is 11.3 Å². The molecule has 1 saturated heterocycles. The second-order valence-electron chi connectivity index (χ2n) is 7.26. The van der Waals surface area contributed by atoms with Crippen molar-refractivity contribution in [1.82, 2.24) is 15.2 Å². The van der Waals surface area contributed by atoms with Crippen LogP contribution in [0.3, 0.4) is 0 Å². The quantitative estimate of drug-likeness (QED) is 0.735. The zero-order chi connectivity index (χ0) is 18.6. The number of nitrogens with zero attached hydrogens (tertiary/aromatic N) is 2. The van der Waals surface area contributed by atoms with Crippen LogP contribution in [0.25, 0.3) is 10.6 Å². The van der Waals surface area contributed by atoms with E-state index in [1.165, 1.54) is 0 Å². The monoisotopic (exact) mass is 389 g/mol. The van der Waals surface area contributed by atoms with E-state index in [1.807, 2.05) is 18.2 Å². The van der Waals surface area contributed by atoms with Gasteiger partial charge in [-0.3, -0.25) is 4.90 Å². The van der Waals surface area contributed by atoms with Gasteiger partial charge < -0.3 is 19.5 Å². The van der Waals surface area contributed by atoms with Crippen molar-refractivity contribution in [3.05, 3.63) is 29.3 Å². The summed E-state index contributed by atoms with van der Waals surface area (Å²) in [4.78, 5) is 7.25. The highest BCUT2D eigenvalue weighted by Gasteiger charge is 2.21. The van der Waals surface area contributed by atoms with Crippen molar-refractivity contribution in [2.24, 2.45) is 0 Å². The fourth-order valence-corrected chi connectivity index (χ4v) is 4.48. The number of ether oxygens (including phenoxy) is 3. The molecule has 4 rings (SSSR count). The Morgan fingerprint density at radius 3 is 2.85 bits per heavy atom. The lowest BCUT2D eigenvalue weighted by atomic mass is 10.2. The molecule has 2 atom stereocenters. The summed E-state index contributed by atoms with van der Waals surface area (Å²) >= 11 is 1.67. The second kappa shape index (κ2) is 8.56. The SMILES string of the molecule is CC1CN(CCCNCc2csc(-c3ccc4c(c3)OCO4)n2)CC(C)O1. The first-order chi connectivity index (χ1) is 13.2. The first-order valence-electron chi connectivity index (χ1n) is 9.60. The maximum Gasteiger partial charge on any atom is 0.231 e. The van der Waals surface area contributed by atoms with Crippen LogP contribution in [0.15, 0.2) is 23.6 Å². The van der Waals surface area contributed by atoms with Gasteiger partial charge in [0.05, 0.1) is 17.9 Å². The highest BCUT2D eigenvalue weighted by Crippen LogP contribution is 2.36. The van der Waals surface area contributed by atoms with Gasteiger partial charge in [-0.2, -0.15) is 0 Å². The lowest BCUT2D eigenvalue weighted by molar-refractivity contribution is -0.0680. The van der Waals surface area contributed by atoms with Crippen LogP contribution in [0.4, 0.5) is 0 Å². The van der Waals surface area contributed by atoms with Crippen LogP contribution >= 0.6 is 11.3 Å². The molecule has 1 aromatic heterocycles. The molecule has 0 radical (unpaired) electrons. The van der Waals surface area contributed by atoms with Gasteiger partial charge in [0.15, 0.2) is 11.5 Å². The van der Waals surface area contributed by atoms with Gasteiger partial charge in [0.2, 0.25) is 6.79 Å². The predicted octanol–water partition coefficient (Wildman–Crippen LogP) is 3.13. The molecule has 0 amide bonds. The molecule has 2 unspecified atom stereocenters. The number of nitrogens with one attached hydrogen (secondary N) is 1. The number of morpholine rings is 1. The van der Waals surface area contributed by atoms with Crippen LogP contribution < -0.4 is 14.8 Å². The van der Waals surface area contributed by atoms with Crippen LogP contribution in [0.1, 0.15) is 26.0 Å². The molecule has 0 saturated carbocycles. The summed E-state index contributed by atoms with van der Waals surface area (Å²) in [7, 11) is 0. The number of aromatic nitrogens is 1. The van der Waals surface area contributed by atoms with Crippen molar-refractivity contribution in [1.29, 1.82) is 0 Å². The molecular weight excluding hydrogens is 362 g/mol. The highest BCUT2D eigenvalue weighted by atomic mass is 32.1. The zero-order valence-corrected chi connectivity index (χ0v) is 16.8. The van der Waals surface area contributed by atoms with E-state index in [4.69, 9.17) is 19.2 Å². The summed E-state index contributed by atoms with van der Waals surface area (Å²) in [5, 5.41) is 6.65. The van der Waals surface area contributed by atoms with Crippen molar-refractivity contribution in [3.63, 3.8) is 0 Å². The molecule has 0 spiro atoms. The van der Waals surface area contributed by atoms with Crippen LogP contribution in [-0.2, 0) is 11.3 Å². The summed E-state index contributed by atoms with van der Waals surface area (Å²) in [6.07, 6.45) is 1.82. The molecule has 27 heavy (non-hydrogen) atoms. The molecule has 2 aliphatic rings. The largest absolute Gasteiger partial charge is 0.454 e. The molecule has 7 heteroatoms. The topological polar surface area (TPSA) is 55.9 Å². The summed E-state index contributed by atoms with van der Waals surface area (Å²) in [5.41, 5.74) is 2.16. The first-order valence-corrected chi connectivity index (χ1v) is 10.5. The van der Waals surface area contributed by atoms with Gasteiger partial charge >= 0.3 is 0 Å². The minimum atomic E-state index is 0.300. The highest BCUT2D eigenvalue weighted by molar-refractivity contribution is 7.13. The average Bonchev–Trinajstić information content (AvgIpc) is 3.29. The molecule has 0 bridgehead atoms. The third-order valence-corrected chi connectivity index (χ3v) is 5.74. The van der Waals surface area contributed by atoms with E-state index >= 15 is 0 Å².